The fraction of sp³-hybridized carbons (Fsp3) is 0.278. The molecule has 2 N–H and O–H groups in total. The van der Waals surface area contributed by atoms with Crippen LogP contribution in [0.3, 0.4) is 0 Å². The number of aromatic hydroxyl groups is 1. The van der Waals surface area contributed by atoms with E-state index in [0.717, 1.165) is 5.56 Å². The predicted molar refractivity (Wildman–Crippen MR) is 99.8 cm³/mol. The van der Waals surface area contributed by atoms with Gasteiger partial charge in [-0.05, 0) is 44.0 Å². The maximum absolute atomic E-state index is 12.6. The molecule has 0 saturated heterocycles. The summed E-state index contributed by atoms with van der Waals surface area (Å²) in [6.07, 6.45) is 1.31. The molecule has 8 heteroatoms. The third-order valence-corrected chi connectivity index (χ3v) is 5.29. The van der Waals surface area contributed by atoms with Gasteiger partial charge in [-0.15, -0.1) is 0 Å². The molecule has 0 aliphatic rings. The zero-order chi connectivity index (χ0) is 19.5. The van der Waals surface area contributed by atoms with Crippen LogP contribution < -0.4 is 14.3 Å². The summed E-state index contributed by atoms with van der Waals surface area (Å²) in [6, 6.07) is 6.64. The van der Waals surface area contributed by atoms with Crippen LogP contribution in [-0.2, 0) is 10.0 Å². The van der Waals surface area contributed by atoms with Crippen molar-refractivity contribution in [3.63, 3.8) is 0 Å². The van der Waals surface area contributed by atoms with Crippen molar-refractivity contribution in [3.05, 3.63) is 46.5 Å². The van der Waals surface area contributed by atoms with Crippen LogP contribution in [0.4, 0.5) is 0 Å². The van der Waals surface area contributed by atoms with Crippen LogP contribution in [0.2, 0.25) is 0 Å². The van der Waals surface area contributed by atoms with Gasteiger partial charge in [0.15, 0.2) is 11.5 Å². The Balaban J connectivity index is 2.31. The van der Waals surface area contributed by atoms with Gasteiger partial charge in [0.1, 0.15) is 0 Å². The van der Waals surface area contributed by atoms with Crippen molar-refractivity contribution in [2.45, 2.75) is 25.7 Å². The lowest BCUT2D eigenvalue weighted by Gasteiger charge is -2.11. The zero-order valence-corrected chi connectivity index (χ0v) is 16.1. The summed E-state index contributed by atoms with van der Waals surface area (Å²) in [4.78, 5) is 2.42. The van der Waals surface area contributed by atoms with Gasteiger partial charge in [-0.1, -0.05) is 17.7 Å². The predicted octanol–water partition coefficient (Wildman–Crippen LogP) is 2.65. The molecule has 2 aromatic carbocycles. The molecule has 0 amide bonds. The highest BCUT2D eigenvalue weighted by Crippen LogP contribution is 2.36. The number of nitrogens with one attached hydrogen (secondary N) is 1. The number of rotatable bonds is 6. The van der Waals surface area contributed by atoms with Crippen LogP contribution in [0.25, 0.3) is 0 Å². The van der Waals surface area contributed by atoms with E-state index < -0.39 is 10.0 Å². The number of hydrogen-bond acceptors (Lipinski definition) is 6. The Labute approximate surface area is 153 Å². The maximum atomic E-state index is 12.6. The smallest absolute Gasteiger partial charge is 0.277 e. The molecule has 2 rings (SSSR count). The van der Waals surface area contributed by atoms with E-state index in [4.69, 9.17) is 9.47 Å². The lowest BCUT2D eigenvalue weighted by Crippen LogP contribution is -2.20. The molecule has 0 aliphatic heterocycles. The fourth-order valence-electron chi connectivity index (χ4n) is 2.79. The number of hydrazone groups is 1. The van der Waals surface area contributed by atoms with E-state index in [9.17, 15) is 13.5 Å². The van der Waals surface area contributed by atoms with E-state index in [2.05, 4.69) is 9.93 Å². The number of aryl methyl sites for hydroxylation is 3. The molecule has 26 heavy (non-hydrogen) atoms. The van der Waals surface area contributed by atoms with Crippen LogP contribution >= 0.6 is 0 Å². The molecule has 140 valence electrons. The molecule has 0 spiro atoms. The SMILES string of the molecule is COc1cc(/C=N/NS(=O)(=O)c2c(C)cc(C)cc2C)cc(OC)c1O. The molecule has 0 radical (unpaired) electrons. The van der Waals surface area contributed by atoms with Crippen LogP contribution in [0.1, 0.15) is 22.3 Å². The molecule has 0 aromatic heterocycles. The van der Waals surface area contributed by atoms with Crippen LogP contribution in [0.15, 0.2) is 34.3 Å². The molecule has 0 fully saturated rings. The Hall–Kier alpha value is -2.74. The second-order valence-corrected chi connectivity index (χ2v) is 7.45. The van der Waals surface area contributed by atoms with Crippen molar-refractivity contribution >= 4 is 16.2 Å². The molecule has 0 saturated carbocycles. The lowest BCUT2D eigenvalue weighted by atomic mass is 10.1. The van der Waals surface area contributed by atoms with Crippen LogP contribution in [-0.4, -0.2) is 34.0 Å². The van der Waals surface area contributed by atoms with Gasteiger partial charge in [-0.2, -0.15) is 13.5 Å². The summed E-state index contributed by atoms with van der Waals surface area (Å²) in [7, 11) is -1.00. The third-order valence-electron chi connectivity index (χ3n) is 3.76. The summed E-state index contributed by atoms with van der Waals surface area (Å²) in [6.45, 7) is 5.40. The van der Waals surface area contributed by atoms with Gasteiger partial charge in [0, 0.05) is 5.56 Å². The minimum atomic E-state index is -3.81. The van der Waals surface area contributed by atoms with Crippen molar-refractivity contribution in [3.8, 4) is 17.2 Å². The van der Waals surface area contributed by atoms with E-state index in [1.165, 1.54) is 32.6 Å². The molecule has 0 aliphatic carbocycles. The Kier molecular flexibility index (Phi) is 5.76. The van der Waals surface area contributed by atoms with Crippen molar-refractivity contribution < 1.29 is 23.0 Å². The number of methoxy groups -OCH3 is 2. The van der Waals surface area contributed by atoms with Crippen molar-refractivity contribution in [2.75, 3.05) is 14.2 Å². The third kappa shape index (κ3) is 4.08. The van der Waals surface area contributed by atoms with Crippen molar-refractivity contribution in [1.82, 2.24) is 4.83 Å². The van der Waals surface area contributed by atoms with E-state index in [-0.39, 0.29) is 22.1 Å². The molecule has 2 aromatic rings. The summed E-state index contributed by atoms with van der Waals surface area (Å²) in [5.74, 6) is 0.247. The van der Waals surface area contributed by atoms with Gasteiger partial charge in [0.25, 0.3) is 10.0 Å². The topological polar surface area (TPSA) is 97.2 Å². The van der Waals surface area contributed by atoms with Crippen LogP contribution in [0.5, 0.6) is 17.2 Å². The second-order valence-electron chi connectivity index (χ2n) is 5.85. The highest BCUT2D eigenvalue weighted by molar-refractivity contribution is 7.89. The zero-order valence-electron chi connectivity index (χ0n) is 15.3. The van der Waals surface area contributed by atoms with Gasteiger partial charge in [-0.3, -0.25) is 0 Å². The van der Waals surface area contributed by atoms with Gasteiger partial charge >= 0.3 is 0 Å². The molecular weight excluding hydrogens is 356 g/mol. The fourth-order valence-corrected chi connectivity index (χ4v) is 4.04. The highest BCUT2D eigenvalue weighted by Gasteiger charge is 2.19. The first-order valence-electron chi connectivity index (χ1n) is 7.77. The number of benzene rings is 2. The molecule has 0 unspecified atom stereocenters. The van der Waals surface area contributed by atoms with E-state index in [0.29, 0.717) is 16.7 Å². The Bertz CT molecular complexity index is 904. The second kappa shape index (κ2) is 7.65. The minimum absolute atomic E-state index is 0.140. The quantitative estimate of drug-likeness (QED) is 0.595. The van der Waals surface area contributed by atoms with E-state index in [1.54, 1.807) is 26.0 Å². The first-order chi connectivity index (χ1) is 12.2. The average molecular weight is 378 g/mol. The summed E-state index contributed by atoms with van der Waals surface area (Å²) in [5.41, 5.74) is 2.79. The first kappa shape index (κ1) is 19.6. The highest BCUT2D eigenvalue weighted by atomic mass is 32.2. The van der Waals surface area contributed by atoms with Crippen molar-refractivity contribution in [1.29, 1.82) is 0 Å². The largest absolute Gasteiger partial charge is 0.502 e. The lowest BCUT2D eigenvalue weighted by molar-refractivity contribution is 0.340. The summed E-state index contributed by atoms with van der Waals surface area (Å²) in [5, 5.41) is 13.7. The number of phenolic OH excluding ortho intramolecular Hbond substituents is 1. The first-order valence-corrected chi connectivity index (χ1v) is 9.25. The number of sulfonamides is 1. The number of phenols is 1. The van der Waals surface area contributed by atoms with E-state index >= 15 is 0 Å². The van der Waals surface area contributed by atoms with Gasteiger partial charge in [0.05, 0.1) is 25.3 Å². The summed E-state index contributed by atoms with van der Waals surface area (Å²) >= 11 is 0. The number of hydrogen-bond donors (Lipinski definition) is 2. The molecule has 0 heterocycles. The van der Waals surface area contributed by atoms with Crippen LogP contribution in [0, 0.1) is 20.8 Å². The normalized spacial score (nSPS) is 11.6. The van der Waals surface area contributed by atoms with Gasteiger partial charge in [0.2, 0.25) is 5.75 Å². The maximum Gasteiger partial charge on any atom is 0.277 e. The minimum Gasteiger partial charge on any atom is -0.502 e. The monoisotopic (exact) mass is 378 g/mol. The Morgan fingerprint density at radius 2 is 1.50 bits per heavy atom. The summed E-state index contributed by atoms with van der Waals surface area (Å²) < 4.78 is 35.2. The van der Waals surface area contributed by atoms with Gasteiger partial charge < -0.3 is 14.6 Å². The average Bonchev–Trinajstić information content (AvgIpc) is 2.54. The molecule has 7 nitrogen and oxygen atoms in total. The number of ether oxygens (including phenoxy) is 2. The molecule has 0 atom stereocenters. The van der Waals surface area contributed by atoms with Gasteiger partial charge in [-0.25, -0.2) is 4.83 Å². The van der Waals surface area contributed by atoms with Crippen molar-refractivity contribution in [2.24, 2.45) is 5.10 Å². The Morgan fingerprint density at radius 1 is 1.00 bits per heavy atom. The number of nitrogens with zero attached hydrogens (tertiary/aromatic N) is 1. The Morgan fingerprint density at radius 3 is 1.96 bits per heavy atom. The molecular formula is C18H22N2O5S. The van der Waals surface area contributed by atoms with E-state index in [1.807, 2.05) is 6.92 Å². The standard InChI is InChI=1S/C18H22N2O5S/c1-11-6-12(2)18(13(3)7-11)26(22,23)20-19-10-14-8-15(24-4)17(21)16(9-14)25-5/h6-10,20-21H,1-5H3/b19-10+. The molecule has 0 bridgehead atoms.